The molecule has 20 heavy (non-hydrogen) atoms. The summed E-state index contributed by atoms with van der Waals surface area (Å²) in [4.78, 5) is 12.3. The average molecular weight is 283 g/mol. The van der Waals surface area contributed by atoms with Crippen LogP contribution in [-0.4, -0.2) is 13.3 Å². The first-order valence-corrected chi connectivity index (χ1v) is 5.80. The molecule has 0 unspecified atom stereocenters. The zero-order valence-electron chi connectivity index (χ0n) is 10.6. The van der Waals surface area contributed by atoms with E-state index in [2.05, 4.69) is 0 Å². The van der Waals surface area contributed by atoms with Crippen molar-refractivity contribution in [2.75, 3.05) is 11.9 Å². The van der Waals surface area contributed by atoms with E-state index in [4.69, 9.17) is 4.42 Å². The molecule has 0 atom stereocenters. The van der Waals surface area contributed by atoms with Crippen LogP contribution in [0.3, 0.4) is 0 Å². The summed E-state index contributed by atoms with van der Waals surface area (Å²) < 4.78 is 43.5. The largest absolute Gasteiger partial charge is 0.472 e. The highest BCUT2D eigenvalue weighted by atomic mass is 19.4. The molecule has 0 aliphatic heterocycles. The Kier molecular flexibility index (Phi) is 3.83. The molecule has 2 rings (SSSR count). The number of aldehydes is 1. The van der Waals surface area contributed by atoms with Crippen molar-refractivity contribution in [3.05, 3.63) is 53.5 Å². The predicted molar refractivity (Wildman–Crippen MR) is 67.6 cm³/mol. The molecular weight excluding hydrogens is 271 g/mol. The smallest absolute Gasteiger partial charge is 0.417 e. The Balaban J connectivity index is 2.31. The number of hydrogen-bond acceptors (Lipinski definition) is 3. The monoisotopic (exact) mass is 283 g/mol. The summed E-state index contributed by atoms with van der Waals surface area (Å²) in [7, 11) is 1.67. The Morgan fingerprint density at radius 3 is 2.60 bits per heavy atom. The van der Waals surface area contributed by atoms with Gasteiger partial charge in [-0.2, -0.15) is 13.2 Å². The first kappa shape index (κ1) is 14.2. The van der Waals surface area contributed by atoms with Gasteiger partial charge in [-0.1, -0.05) is 0 Å². The molecule has 0 saturated carbocycles. The third-order valence-electron chi connectivity index (χ3n) is 2.91. The molecule has 1 aromatic heterocycles. The van der Waals surface area contributed by atoms with Crippen LogP contribution in [0.4, 0.5) is 18.9 Å². The Hall–Kier alpha value is -2.24. The van der Waals surface area contributed by atoms with E-state index in [0.29, 0.717) is 12.2 Å². The van der Waals surface area contributed by atoms with Crippen molar-refractivity contribution in [2.45, 2.75) is 12.7 Å². The van der Waals surface area contributed by atoms with Crippen LogP contribution in [0.15, 0.2) is 41.2 Å². The molecule has 1 aromatic carbocycles. The number of carbonyl (C=O) groups is 1. The van der Waals surface area contributed by atoms with Crippen LogP contribution in [-0.2, 0) is 12.7 Å². The lowest BCUT2D eigenvalue weighted by molar-refractivity contribution is -0.137. The Labute approximate surface area is 113 Å². The number of furan rings is 1. The minimum absolute atomic E-state index is 0.211. The highest BCUT2D eigenvalue weighted by Gasteiger charge is 2.33. The van der Waals surface area contributed by atoms with Crippen LogP contribution in [0.2, 0.25) is 0 Å². The summed E-state index contributed by atoms with van der Waals surface area (Å²) in [6, 6.07) is 5.38. The van der Waals surface area contributed by atoms with Gasteiger partial charge in [-0.25, -0.2) is 0 Å². The van der Waals surface area contributed by atoms with Gasteiger partial charge in [-0.05, 0) is 24.3 Å². The number of hydrogen-bond donors (Lipinski definition) is 0. The van der Waals surface area contributed by atoms with E-state index >= 15 is 0 Å². The zero-order chi connectivity index (χ0) is 14.8. The zero-order valence-corrected chi connectivity index (χ0v) is 10.6. The van der Waals surface area contributed by atoms with Crippen LogP contribution >= 0.6 is 0 Å². The first-order valence-electron chi connectivity index (χ1n) is 5.80. The fourth-order valence-electron chi connectivity index (χ4n) is 1.88. The minimum atomic E-state index is -4.55. The highest BCUT2D eigenvalue weighted by molar-refractivity contribution is 5.79. The van der Waals surface area contributed by atoms with E-state index in [-0.39, 0.29) is 11.8 Å². The molecule has 2 aromatic rings. The van der Waals surface area contributed by atoms with E-state index in [1.54, 1.807) is 18.0 Å². The van der Waals surface area contributed by atoms with Gasteiger partial charge in [-0.3, -0.25) is 4.79 Å². The Morgan fingerprint density at radius 2 is 2.05 bits per heavy atom. The lowest BCUT2D eigenvalue weighted by Crippen LogP contribution is -2.18. The lowest BCUT2D eigenvalue weighted by atomic mass is 10.1. The second-order valence-electron chi connectivity index (χ2n) is 4.37. The van der Waals surface area contributed by atoms with Gasteiger partial charge in [0.15, 0.2) is 6.29 Å². The predicted octanol–water partition coefficient (Wildman–Crippen LogP) is 3.75. The molecule has 3 nitrogen and oxygen atoms in total. The SMILES string of the molecule is CN(Cc1ccoc1)c1ccc(C=O)c(C(F)(F)F)c1. The summed E-state index contributed by atoms with van der Waals surface area (Å²) in [6.45, 7) is 0.411. The number of benzene rings is 1. The van der Waals surface area contributed by atoms with Gasteiger partial charge in [0.05, 0.1) is 18.1 Å². The minimum Gasteiger partial charge on any atom is -0.472 e. The maximum atomic E-state index is 12.9. The van der Waals surface area contributed by atoms with Gasteiger partial charge in [0, 0.05) is 30.4 Å². The van der Waals surface area contributed by atoms with Gasteiger partial charge in [0.25, 0.3) is 0 Å². The van der Waals surface area contributed by atoms with Gasteiger partial charge < -0.3 is 9.32 Å². The number of halogens is 3. The fraction of sp³-hybridized carbons (Fsp3) is 0.214. The molecule has 0 bridgehead atoms. The second kappa shape index (κ2) is 5.40. The quantitative estimate of drug-likeness (QED) is 0.801. The van der Waals surface area contributed by atoms with E-state index < -0.39 is 11.7 Å². The van der Waals surface area contributed by atoms with Crippen molar-refractivity contribution in [1.29, 1.82) is 0 Å². The summed E-state index contributed by atoms with van der Waals surface area (Å²) in [6.07, 6.45) is -1.31. The molecule has 0 spiro atoms. The molecule has 0 aliphatic carbocycles. The van der Waals surface area contributed by atoms with Crippen molar-refractivity contribution in [1.82, 2.24) is 0 Å². The molecule has 0 saturated heterocycles. The van der Waals surface area contributed by atoms with Crippen LogP contribution < -0.4 is 4.90 Å². The van der Waals surface area contributed by atoms with Gasteiger partial charge in [0.2, 0.25) is 0 Å². The van der Waals surface area contributed by atoms with Crippen LogP contribution in [0.5, 0.6) is 0 Å². The van der Waals surface area contributed by atoms with Crippen molar-refractivity contribution in [2.24, 2.45) is 0 Å². The van der Waals surface area contributed by atoms with Gasteiger partial charge >= 0.3 is 6.18 Å². The van der Waals surface area contributed by atoms with Crippen LogP contribution in [0.25, 0.3) is 0 Å². The summed E-state index contributed by atoms with van der Waals surface area (Å²) in [5.41, 5.74) is -0.0633. The molecule has 0 fully saturated rings. The normalized spacial score (nSPS) is 11.4. The van der Waals surface area contributed by atoms with Crippen molar-refractivity contribution in [3.63, 3.8) is 0 Å². The second-order valence-corrected chi connectivity index (χ2v) is 4.37. The molecule has 106 valence electrons. The topological polar surface area (TPSA) is 33.5 Å². The highest BCUT2D eigenvalue weighted by Crippen LogP contribution is 2.34. The van der Waals surface area contributed by atoms with Crippen LogP contribution in [0, 0.1) is 0 Å². The number of nitrogens with zero attached hydrogens (tertiary/aromatic N) is 1. The molecular formula is C14H12F3NO2. The Morgan fingerprint density at radius 1 is 1.30 bits per heavy atom. The molecule has 1 heterocycles. The van der Waals surface area contributed by atoms with E-state index in [0.717, 1.165) is 11.6 Å². The molecule has 6 heteroatoms. The van der Waals surface area contributed by atoms with E-state index in [1.165, 1.54) is 24.7 Å². The molecule has 0 N–H and O–H groups in total. The standard InChI is InChI=1S/C14H12F3NO2/c1-18(7-10-4-5-20-9-10)12-3-2-11(8-19)13(6-12)14(15,16)17/h2-6,8-9H,7H2,1H3. The summed E-state index contributed by atoms with van der Waals surface area (Å²) in [5, 5.41) is 0. The van der Waals surface area contributed by atoms with Crippen molar-refractivity contribution in [3.8, 4) is 0 Å². The lowest BCUT2D eigenvalue weighted by Gasteiger charge is -2.20. The third-order valence-corrected chi connectivity index (χ3v) is 2.91. The molecule has 0 radical (unpaired) electrons. The summed E-state index contributed by atoms with van der Waals surface area (Å²) >= 11 is 0. The number of carbonyl (C=O) groups excluding carboxylic acids is 1. The number of alkyl halides is 3. The number of rotatable bonds is 4. The summed E-state index contributed by atoms with van der Waals surface area (Å²) in [5.74, 6) is 0. The Bertz CT molecular complexity index is 591. The number of anilines is 1. The maximum absolute atomic E-state index is 12.9. The van der Waals surface area contributed by atoms with Crippen molar-refractivity contribution < 1.29 is 22.4 Å². The van der Waals surface area contributed by atoms with Gasteiger partial charge in [-0.15, -0.1) is 0 Å². The van der Waals surface area contributed by atoms with E-state index in [9.17, 15) is 18.0 Å². The maximum Gasteiger partial charge on any atom is 0.417 e. The first-order chi connectivity index (χ1) is 9.41. The van der Waals surface area contributed by atoms with Crippen LogP contribution in [0.1, 0.15) is 21.5 Å². The molecule has 0 aliphatic rings. The van der Waals surface area contributed by atoms with E-state index in [1.807, 2.05) is 0 Å². The third kappa shape index (κ3) is 3.01. The molecule has 0 amide bonds. The fourth-order valence-corrected chi connectivity index (χ4v) is 1.88. The average Bonchev–Trinajstić information content (AvgIpc) is 2.89. The van der Waals surface area contributed by atoms with Crippen molar-refractivity contribution >= 4 is 12.0 Å². The van der Waals surface area contributed by atoms with Gasteiger partial charge in [0.1, 0.15) is 0 Å².